The highest BCUT2D eigenvalue weighted by atomic mass is 16.5. The van der Waals surface area contributed by atoms with E-state index in [-0.39, 0.29) is 11.8 Å². The number of ether oxygens (including phenoxy) is 1. The molecule has 1 unspecified atom stereocenters. The first-order valence-electron chi connectivity index (χ1n) is 10.4. The molecule has 1 aliphatic heterocycles. The van der Waals surface area contributed by atoms with Crippen molar-refractivity contribution in [3.8, 4) is 5.75 Å². The largest absolute Gasteiger partial charge is 0.472 e. The van der Waals surface area contributed by atoms with E-state index in [0.717, 1.165) is 16.8 Å². The Balaban J connectivity index is 1.43. The molecule has 0 saturated carbocycles. The first kappa shape index (κ1) is 20.6. The number of aryl methyl sites for hydroxylation is 2. The Kier molecular flexibility index (Phi) is 5.98. The maximum Gasteiger partial charge on any atom is 0.274 e. The number of benzene rings is 2. The molecule has 2 amide bonds. The number of nitrogens with one attached hydrogen (secondary N) is 1. The quantitative estimate of drug-likeness (QED) is 0.639. The van der Waals surface area contributed by atoms with Crippen LogP contribution in [0.4, 0.5) is 11.5 Å². The monoisotopic (exact) mass is 415 g/mol. The number of fused-ring (bicyclic) bond motifs is 1. The summed E-state index contributed by atoms with van der Waals surface area (Å²) >= 11 is 0. The van der Waals surface area contributed by atoms with Gasteiger partial charge in [-0.1, -0.05) is 36.4 Å². The lowest BCUT2D eigenvalue weighted by molar-refractivity contribution is -0.127. The summed E-state index contributed by atoms with van der Waals surface area (Å²) in [6.45, 7) is 4.44. The zero-order chi connectivity index (χ0) is 21.8. The van der Waals surface area contributed by atoms with Gasteiger partial charge in [-0.2, -0.15) is 0 Å². The van der Waals surface area contributed by atoms with Crippen molar-refractivity contribution in [3.63, 3.8) is 0 Å². The van der Waals surface area contributed by atoms with Gasteiger partial charge in [0.1, 0.15) is 0 Å². The van der Waals surface area contributed by atoms with E-state index in [1.54, 1.807) is 17.2 Å². The Morgan fingerprint density at radius 2 is 1.87 bits per heavy atom. The number of carbonyl (C=O) groups excluding carboxylic acids is 2. The van der Waals surface area contributed by atoms with E-state index in [1.165, 1.54) is 5.56 Å². The third-order valence-electron chi connectivity index (χ3n) is 5.42. The molecule has 0 spiro atoms. The van der Waals surface area contributed by atoms with Gasteiger partial charge in [-0.15, -0.1) is 0 Å². The molecular formula is C25H25N3O3. The molecule has 0 fully saturated rings. The van der Waals surface area contributed by atoms with E-state index in [4.69, 9.17) is 4.74 Å². The number of nitrogens with zero attached hydrogens (tertiary/aromatic N) is 2. The molecule has 6 heteroatoms. The first-order valence-corrected chi connectivity index (χ1v) is 10.4. The summed E-state index contributed by atoms with van der Waals surface area (Å²) in [5, 5.41) is 2.93. The van der Waals surface area contributed by atoms with Gasteiger partial charge in [0.05, 0.1) is 0 Å². The van der Waals surface area contributed by atoms with Crippen LogP contribution in [0.5, 0.6) is 5.75 Å². The molecule has 6 nitrogen and oxygen atoms in total. The number of rotatable bonds is 6. The highest BCUT2D eigenvalue weighted by Gasteiger charge is 2.36. The molecule has 0 bridgehead atoms. The molecule has 2 aromatic carbocycles. The van der Waals surface area contributed by atoms with Crippen molar-refractivity contribution in [2.24, 2.45) is 0 Å². The van der Waals surface area contributed by atoms with Crippen molar-refractivity contribution in [2.45, 2.75) is 32.8 Å². The third-order valence-corrected chi connectivity index (χ3v) is 5.42. The number of aromatic nitrogens is 1. The average molecular weight is 415 g/mol. The second-order valence-corrected chi connectivity index (χ2v) is 7.67. The number of amides is 2. The average Bonchev–Trinajstić information content (AvgIpc) is 2.78. The number of hydrogen-bond acceptors (Lipinski definition) is 4. The lowest BCUT2D eigenvalue weighted by Crippen LogP contribution is -2.42. The lowest BCUT2D eigenvalue weighted by Gasteiger charge is -2.33. The van der Waals surface area contributed by atoms with Gasteiger partial charge in [-0.05, 0) is 55.7 Å². The minimum atomic E-state index is -0.720. The van der Waals surface area contributed by atoms with Gasteiger partial charge in [-0.3, -0.25) is 14.5 Å². The van der Waals surface area contributed by atoms with Gasteiger partial charge in [0.2, 0.25) is 12.0 Å². The molecule has 1 aliphatic rings. The molecule has 0 radical (unpaired) electrons. The van der Waals surface area contributed by atoms with E-state index in [1.807, 2.05) is 68.4 Å². The van der Waals surface area contributed by atoms with Crippen LogP contribution < -0.4 is 15.0 Å². The van der Waals surface area contributed by atoms with E-state index in [0.29, 0.717) is 31.0 Å². The fraction of sp³-hybridized carbons (Fsp3) is 0.240. The van der Waals surface area contributed by atoms with Gasteiger partial charge in [-0.25, -0.2) is 4.98 Å². The van der Waals surface area contributed by atoms with Gasteiger partial charge < -0.3 is 10.1 Å². The summed E-state index contributed by atoms with van der Waals surface area (Å²) in [5.74, 6) is 0.807. The van der Waals surface area contributed by atoms with Crippen LogP contribution in [0, 0.1) is 13.8 Å². The van der Waals surface area contributed by atoms with Crippen molar-refractivity contribution >= 4 is 23.3 Å². The number of carbonyl (C=O) groups is 2. The fourth-order valence-corrected chi connectivity index (χ4v) is 3.60. The second kappa shape index (κ2) is 9.00. The molecule has 0 saturated heterocycles. The van der Waals surface area contributed by atoms with Crippen molar-refractivity contribution in [2.75, 3.05) is 16.8 Å². The van der Waals surface area contributed by atoms with E-state index >= 15 is 0 Å². The minimum absolute atomic E-state index is 0.0789. The maximum atomic E-state index is 13.2. The molecule has 4 rings (SSSR count). The van der Waals surface area contributed by atoms with Crippen molar-refractivity contribution in [3.05, 3.63) is 83.6 Å². The van der Waals surface area contributed by atoms with Crippen LogP contribution >= 0.6 is 0 Å². The van der Waals surface area contributed by atoms with Gasteiger partial charge in [0.25, 0.3) is 5.91 Å². The first-order chi connectivity index (χ1) is 15.0. The summed E-state index contributed by atoms with van der Waals surface area (Å²) < 4.78 is 5.95. The summed E-state index contributed by atoms with van der Waals surface area (Å²) in [6.07, 6.45) is 1.73. The highest BCUT2D eigenvalue weighted by molar-refractivity contribution is 5.99. The van der Waals surface area contributed by atoms with E-state index < -0.39 is 6.10 Å². The van der Waals surface area contributed by atoms with Gasteiger partial charge in [0.15, 0.2) is 11.6 Å². The molecule has 1 atom stereocenters. The summed E-state index contributed by atoms with van der Waals surface area (Å²) in [6, 6.07) is 18.9. The normalized spacial score (nSPS) is 15.2. The molecule has 31 heavy (non-hydrogen) atoms. The Morgan fingerprint density at radius 3 is 2.65 bits per heavy atom. The standard InChI is InChI=1S/C25H25N3O3/c1-17-12-13-20(16-18(17)2)27-22(29)11-7-15-28-24-21(10-6-14-26-24)31-23(25(28)30)19-8-4-3-5-9-19/h3-6,8-10,12-14,16,23H,7,11,15H2,1-2H3,(H,27,29). The van der Waals surface area contributed by atoms with Crippen LogP contribution in [-0.4, -0.2) is 23.3 Å². The van der Waals surface area contributed by atoms with Crippen LogP contribution in [0.2, 0.25) is 0 Å². The summed E-state index contributed by atoms with van der Waals surface area (Å²) in [7, 11) is 0. The SMILES string of the molecule is Cc1ccc(NC(=O)CCCN2C(=O)C(c3ccccc3)Oc3cccnc32)cc1C. The predicted octanol–water partition coefficient (Wildman–Crippen LogP) is 4.58. The van der Waals surface area contributed by atoms with Crippen molar-refractivity contribution in [1.29, 1.82) is 0 Å². The predicted molar refractivity (Wildman–Crippen MR) is 120 cm³/mol. The zero-order valence-electron chi connectivity index (χ0n) is 17.7. The number of anilines is 2. The van der Waals surface area contributed by atoms with E-state index in [2.05, 4.69) is 10.3 Å². The fourth-order valence-electron chi connectivity index (χ4n) is 3.60. The Labute approximate surface area is 181 Å². The Bertz CT molecular complexity index is 1100. The highest BCUT2D eigenvalue weighted by Crippen LogP contribution is 2.37. The minimum Gasteiger partial charge on any atom is -0.472 e. The molecule has 2 heterocycles. The molecule has 158 valence electrons. The number of hydrogen-bond donors (Lipinski definition) is 1. The van der Waals surface area contributed by atoms with Gasteiger partial charge in [0, 0.05) is 30.4 Å². The lowest BCUT2D eigenvalue weighted by atomic mass is 10.1. The molecule has 1 aromatic heterocycles. The second-order valence-electron chi connectivity index (χ2n) is 7.67. The van der Waals surface area contributed by atoms with Crippen LogP contribution in [-0.2, 0) is 9.59 Å². The van der Waals surface area contributed by atoms with Crippen LogP contribution in [0.1, 0.15) is 35.6 Å². The van der Waals surface area contributed by atoms with Crippen LogP contribution in [0.15, 0.2) is 66.9 Å². The zero-order valence-corrected chi connectivity index (χ0v) is 17.7. The molecule has 1 N–H and O–H groups in total. The molecule has 3 aromatic rings. The van der Waals surface area contributed by atoms with Crippen molar-refractivity contribution < 1.29 is 14.3 Å². The number of pyridine rings is 1. The summed E-state index contributed by atoms with van der Waals surface area (Å²) in [5.41, 5.74) is 3.89. The van der Waals surface area contributed by atoms with Crippen LogP contribution in [0.25, 0.3) is 0 Å². The summed E-state index contributed by atoms with van der Waals surface area (Å²) in [4.78, 5) is 31.6. The van der Waals surface area contributed by atoms with Crippen LogP contribution in [0.3, 0.4) is 0 Å². The van der Waals surface area contributed by atoms with E-state index in [9.17, 15) is 9.59 Å². The maximum absolute atomic E-state index is 13.2. The molecular weight excluding hydrogens is 390 g/mol. The van der Waals surface area contributed by atoms with Crippen molar-refractivity contribution in [1.82, 2.24) is 4.98 Å². The third kappa shape index (κ3) is 4.58. The Hall–Kier alpha value is -3.67. The van der Waals surface area contributed by atoms with Gasteiger partial charge >= 0.3 is 0 Å². The topological polar surface area (TPSA) is 71.5 Å². The molecule has 0 aliphatic carbocycles. The Morgan fingerprint density at radius 1 is 1.06 bits per heavy atom. The smallest absolute Gasteiger partial charge is 0.274 e.